The van der Waals surface area contributed by atoms with Crippen LogP contribution in [0.1, 0.15) is 6.42 Å². The van der Waals surface area contributed by atoms with Gasteiger partial charge in [0.25, 0.3) is 5.56 Å². The highest BCUT2D eigenvalue weighted by Crippen LogP contribution is 2.14. The summed E-state index contributed by atoms with van der Waals surface area (Å²) in [6.45, 7) is -0.201. The van der Waals surface area contributed by atoms with E-state index in [9.17, 15) is 9.18 Å². The molecule has 0 amide bonds. The predicted molar refractivity (Wildman–Crippen MR) is 50.7 cm³/mol. The van der Waals surface area contributed by atoms with Gasteiger partial charge < -0.3 is 4.74 Å². The van der Waals surface area contributed by atoms with Crippen molar-refractivity contribution in [2.24, 2.45) is 0 Å². The van der Waals surface area contributed by atoms with Crippen LogP contribution in [0.25, 0.3) is 0 Å². The Morgan fingerprint density at radius 3 is 3.00 bits per heavy atom. The van der Waals surface area contributed by atoms with Crippen LogP contribution in [0.5, 0.6) is 5.75 Å². The van der Waals surface area contributed by atoms with Gasteiger partial charge in [-0.05, 0) is 6.42 Å². The molecule has 0 saturated heterocycles. The highest BCUT2D eigenvalue weighted by molar-refractivity contribution is 6.30. The monoisotopic (exact) mass is 220 g/mol. The van der Waals surface area contributed by atoms with Crippen molar-refractivity contribution in [3.63, 3.8) is 0 Å². The number of ether oxygens (including phenoxy) is 1. The summed E-state index contributed by atoms with van der Waals surface area (Å²) < 4.78 is 17.9. The van der Waals surface area contributed by atoms with Gasteiger partial charge in [0.2, 0.25) is 5.75 Å². The Balaban J connectivity index is 3.02. The number of rotatable bonds is 4. The van der Waals surface area contributed by atoms with Gasteiger partial charge in [-0.25, -0.2) is 4.98 Å². The van der Waals surface area contributed by atoms with Crippen LogP contribution < -0.4 is 10.3 Å². The molecule has 0 fully saturated rings. The first-order chi connectivity index (χ1) is 6.70. The van der Waals surface area contributed by atoms with E-state index in [-0.39, 0.29) is 29.4 Å². The number of aryl methyl sites for hydroxylation is 1. The molecule has 0 spiro atoms. The molecule has 6 heteroatoms. The van der Waals surface area contributed by atoms with E-state index < -0.39 is 6.67 Å². The number of halogens is 2. The molecule has 78 valence electrons. The second-order valence-electron chi connectivity index (χ2n) is 2.61. The second-order valence-corrected chi connectivity index (χ2v) is 2.97. The average molecular weight is 221 g/mol. The Bertz CT molecular complexity index is 367. The molecule has 0 bridgehead atoms. The van der Waals surface area contributed by atoms with Gasteiger partial charge in [-0.3, -0.25) is 13.8 Å². The number of alkyl halides is 1. The summed E-state index contributed by atoms with van der Waals surface area (Å²) in [6.07, 6.45) is 1.55. The molecule has 14 heavy (non-hydrogen) atoms. The molecule has 1 aromatic heterocycles. The summed E-state index contributed by atoms with van der Waals surface area (Å²) in [5.41, 5.74) is -0.388. The minimum Gasteiger partial charge on any atom is -0.489 e. The standard InChI is InChI=1S/C8H10ClFN2O2/c1-14-6-7(9)11-5-12(8(6)13)4-2-3-10/h5H,2-4H2,1H3. The Hall–Kier alpha value is -1.10. The second kappa shape index (κ2) is 4.95. The van der Waals surface area contributed by atoms with Gasteiger partial charge in [-0.2, -0.15) is 0 Å². The Morgan fingerprint density at radius 2 is 2.43 bits per heavy atom. The molecule has 0 atom stereocenters. The van der Waals surface area contributed by atoms with E-state index >= 15 is 0 Å². The highest BCUT2D eigenvalue weighted by Gasteiger charge is 2.09. The maximum Gasteiger partial charge on any atom is 0.297 e. The van der Waals surface area contributed by atoms with Crippen molar-refractivity contribution >= 4 is 11.6 Å². The molecule has 4 nitrogen and oxygen atoms in total. The normalized spacial score (nSPS) is 10.2. The van der Waals surface area contributed by atoms with Crippen molar-refractivity contribution in [3.8, 4) is 5.75 Å². The lowest BCUT2D eigenvalue weighted by molar-refractivity contribution is 0.393. The van der Waals surface area contributed by atoms with E-state index in [0.717, 1.165) is 0 Å². The van der Waals surface area contributed by atoms with Gasteiger partial charge in [0, 0.05) is 6.54 Å². The molecule has 1 aromatic rings. The summed E-state index contributed by atoms with van der Waals surface area (Å²) >= 11 is 5.61. The minimum absolute atomic E-state index is 0.00646. The van der Waals surface area contributed by atoms with E-state index in [1.54, 1.807) is 0 Å². The Morgan fingerprint density at radius 1 is 1.71 bits per heavy atom. The number of hydrogen-bond donors (Lipinski definition) is 0. The van der Waals surface area contributed by atoms with E-state index in [1.165, 1.54) is 18.0 Å². The summed E-state index contributed by atoms with van der Waals surface area (Å²) in [4.78, 5) is 15.3. The third-order valence-corrected chi connectivity index (χ3v) is 1.96. The predicted octanol–water partition coefficient (Wildman–Crippen LogP) is 1.26. The first-order valence-electron chi connectivity index (χ1n) is 4.05. The van der Waals surface area contributed by atoms with Crippen LogP contribution in [0, 0.1) is 0 Å². The molecule has 0 aliphatic heterocycles. The van der Waals surface area contributed by atoms with Gasteiger partial charge >= 0.3 is 0 Å². The lowest BCUT2D eigenvalue weighted by Gasteiger charge is -2.06. The van der Waals surface area contributed by atoms with Crippen LogP contribution in [0.2, 0.25) is 5.15 Å². The van der Waals surface area contributed by atoms with Gasteiger partial charge in [0.1, 0.15) is 0 Å². The zero-order valence-electron chi connectivity index (χ0n) is 7.67. The van der Waals surface area contributed by atoms with Crippen molar-refractivity contribution in [2.45, 2.75) is 13.0 Å². The van der Waals surface area contributed by atoms with Gasteiger partial charge in [-0.15, -0.1) is 0 Å². The van der Waals surface area contributed by atoms with Crippen molar-refractivity contribution < 1.29 is 9.13 Å². The number of aromatic nitrogens is 2. The first kappa shape index (κ1) is 11.0. The summed E-state index contributed by atoms with van der Waals surface area (Å²) in [5.74, 6) is -0.00646. The van der Waals surface area contributed by atoms with Crippen LogP contribution in [0.15, 0.2) is 11.1 Å². The molecule has 1 heterocycles. The molecule has 0 radical (unpaired) electrons. The number of nitrogens with zero attached hydrogens (tertiary/aromatic N) is 2. The average Bonchev–Trinajstić information content (AvgIpc) is 2.18. The van der Waals surface area contributed by atoms with Crippen molar-refractivity contribution in [2.75, 3.05) is 13.8 Å². The molecule has 1 rings (SSSR count). The third kappa shape index (κ3) is 2.23. The molecular weight excluding hydrogens is 211 g/mol. The third-order valence-electron chi connectivity index (χ3n) is 1.69. The largest absolute Gasteiger partial charge is 0.489 e. The first-order valence-corrected chi connectivity index (χ1v) is 4.43. The van der Waals surface area contributed by atoms with Gasteiger partial charge in [-0.1, -0.05) is 11.6 Å². The summed E-state index contributed by atoms with van der Waals surface area (Å²) in [5, 5.41) is 0.0222. The van der Waals surface area contributed by atoms with E-state index in [1.807, 2.05) is 0 Å². The zero-order valence-corrected chi connectivity index (χ0v) is 8.42. The van der Waals surface area contributed by atoms with Crippen LogP contribution in [-0.4, -0.2) is 23.3 Å². The quantitative estimate of drug-likeness (QED) is 0.718. The highest BCUT2D eigenvalue weighted by atomic mass is 35.5. The maximum atomic E-state index is 11.9. The summed E-state index contributed by atoms with van der Waals surface area (Å²) in [7, 11) is 1.34. The van der Waals surface area contributed by atoms with E-state index in [2.05, 4.69) is 4.98 Å². The van der Waals surface area contributed by atoms with Crippen molar-refractivity contribution in [1.29, 1.82) is 0 Å². The molecule has 0 aromatic carbocycles. The molecular formula is C8H10ClFN2O2. The Kier molecular flexibility index (Phi) is 3.88. The van der Waals surface area contributed by atoms with Crippen LogP contribution in [0.4, 0.5) is 4.39 Å². The Labute approximate surface area is 85.3 Å². The molecule has 0 unspecified atom stereocenters. The minimum atomic E-state index is -0.475. The van der Waals surface area contributed by atoms with E-state index in [4.69, 9.17) is 16.3 Å². The van der Waals surface area contributed by atoms with E-state index in [0.29, 0.717) is 0 Å². The van der Waals surface area contributed by atoms with Crippen LogP contribution >= 0.6 is 11.6 Å². The SMILES string of the molecule is COc1c(Cl)ncn(CCCF)c1=O. The van der Waals surface area contributed by atoms with Crippen molar-refractivity contribution in [1.82, 2.24) is 9.55 Å². The maximum absolute atomic E-state index is 11.9. The van der Waals surface area contributed by atoms with Gasteiger partial charge in [0.05, 0.1) is 20.1 Å². The topological polar surface area (TPSA) is 44.1 Å². The molecule has 0 aliphatic carbocycles. The zero-order chi connectivity index (χ0) is 10.6. The summed E-state index contributed by atoms with van der Waals surface area (Å²) in [6, 6.07) is 0. The fourth-order valence-electron chi connectivity index (χ4n) is 1.01. The number of methoxy groups -OCH3 is 1. The van der Waals surface area contributed by atoms with Gasteiger partial charge in [0.15, 0.2) is 5.15 Å². The van der Waals surface area contributed by atoms with Crippen LogP contribution in [-0.2, 0) is 6.54 Å². The lowest BCUT2D eigenvalue weighted by Crippen LogP contribution is -2.22. The smallest absolute Gasteiger partial charge is 0.297 e. The lowest BCUT2D eigenvalue weighted by atomic mass is 10.4. The molecule has 0 aliphatic rings. The van der Waals surface area contributed by atoms with Crippen LogP contribution in [0.3, 0.4) is 0 Å². The van der Waals surface area contributed by atoms with Crippen molar-refractivity contribution in [3.05, 3.63) is 21.8 Å². The number of hydrogen-bond acceptors (Lipinski definition) is 3. The fourth-order valence-corrected chi connectivity index (χ4v) is 1.21. The molecule has 0 saturated carbocycles. The molecule has 0 N–H and O–H groups in total. The fraction of sp³-hybridized carbons (Fsp3) is 0.500.